The standard InChI is InChI=1S/C35H46N6O4/c1-8-41-30-15-14-27(24-31(30)39(7)33(43)35(2,3)34(41)44)45-23-11-20-40(25-26-16-18-36-19-17-26)22-21-38(6)32(42)28-12-9-10-13-29(28)37(4)5/h9-10,12-19,24H,8,11,20-23,25H2,1-7H3. The number of carbonyl (C=O) groups is 3. The number of para-hydroxylation sites is 1. The molecule has 2 heterocycles. The van der Waals surface area contributed by atoms with E-state index in [9.17, 15) is 14.4 Å². The van der Waals surface area contributed by atoms with Crippen LogP contribution in [0.15, 0.2) is 67.0 Å². The van der Waals surface area contributed by atoms with E-state index in [4.69, 9.17) is 4.74 Å². The summed E-state index contributed by atoms with van der Waals surface area (Å²) < 4.78 is 6.15. The number of likely N-dealkylation sites (N-methyl/N-ethyl adjacent to an activating group) is 1. The van der Waals surface area contributed by atoms with Crippen LogP contribution in [-0.4, -0.2) is 93.5 Å². The minimum Gasteiger partial charge on any atom is -0.493 e. The van der Waals surface area contributed by atoms with Gasteiger partial charge in [-0.05, 0) is 69.2 Å². The average Bonchev–Trinajstić information content (AvgIpc) is 3.09. The van der Waals surface area contributed by atoms with Crippen molar-refractivity contribution in [1.29, 1.82) is 0 Å². The fourth-order valence-electron chi connectivity index (χ4n) is 5.61. The van der Waals surface area contributed by atoms with Gasteiger partial charge < -0.3 is 24.3 Å². The van der Waals surface area contributed by atoms with Gasteiger partial charge >= 0.3 is 0 Å². The van der Waals surface area contributed by atoms with E-state index >= 15 is 0 Å². The van der Waals surface area contributed by atoms with Crippen molar-refractivity contribution in [2.45, 2.75) is 33.7 Å². The summed E-state index contributed by atoms with van der Waals surface area (Å²) >= 11 is 0. The first-order chi connectivity index (χ1) is 21.4. The van der Waals surface area contributed by atoms with Crippen molar-refractivity contribution in [3.63, 3.8) is 0 Å². The van der Waals surface area contributed by atoms with E-state index in [1.807, 2.05) is 87.6 Å². The zero-order chi connectivity index (χ0) is 32.7. The molecule has 0 unspecified atom stereocenters. The Morgan fingerprint density at radius 3 is 2.31 bits per heavy atom. The third-order valence-electron chi connectivity index (χ3n) is 8.29. The van der Waals surface area contributed by atoms with E-state index in [1.165, 1.54) is 0 Å². The molecular weight excluding hydrogens is 568 g/mol. The molecule has 1 aliphatic rings. The van der Waals surface area contributed by atoms with Gasteiger partial charge in [0.1, 0.15) is 11.2 Å². The quantitative estimate of drug-likeness (QED) is 0.206. The second-order valence-corrected chi connectivity index (χ2v) is 12.2. The smallest absolute Gasteiger partial charge is 0.255 e. The van der Waals surface area contributed by atoms with Crippen LogP contribution in [0, 0.1) is 5.41 Å². The maximum absolute atomic E-state index is 13.3. The Balaban J connectivity index is 1.40. The summed E-state index contributed by atoms with van der Waals surface area (Å²) in [5.74, 6) is 0.173. The topological polar surface area (TPSA) is 89.5 Å². The number of aromatic nitrogens is 1. The Bertz CT molecular complexity index is 1490. The summed E-state index contributed by atoms with van der Waals surface area (Å²) in [4.78, 5) is 53.1. The third kappa shape index (κ3) is 7.62. The molecule has 0 spiro atoms. The van der Waals surface area contributed by atoms with Crippen molar-refractivity contribution >= 4 is 34.8 Å². The highest BCUT2D eigenvalue weighted by Gasteiger charge is 2.45. The van der Waals surface area contributed by atoms with E-state index in [0.717, 1.165) is 30.8 Å². The van der Waals surface area contributed by atoms with Crippen LogP contribution in [0.25, 0.3) is 0 Å². The number of fused-ring (bicyclic) bond motifs is 1. The first kappa shape index (κ1) is 33.5. The van der Waals surface area contributed by atoms with Crippen LogP contribution in [0.5, 0.6) is 5.75 Å². The van der Waals surface area contributed by atoms with Gasteiger partial charge in [-0.15, -0.1) is 0 Å². The van der Waals surface area contributed by atoms with Gasteiger partial charge in [-0.2, -0.15) is 0 Å². The molecule has 45 heavy (non-hydrogen) atoms. The molecule has 0 saturated carbocycles. The van der Waals surface area contributed by atoms with Crippen LogP contribution < -0.4 is 19.4 Å². The Kier molecular flexibility index (Phi) is 10.8. The summed E-state index contributed by atoms with van der Waals surface area (Å²) in [5, 5.41) is 0. The number of hydrogen-bond donors (Lipinski definition) is 0. The number of pyridine rings is 1. The van der Waals surface area contributed by atoms with Crippen LogP contribution in [0.2, 0.25) is 0 Å². The second kappa shape index (κ2) is 14.6. The molecular formula is C35H46N6O4. The highest BCUT2D eigenvalue weighted by molar-refractivity contribution is 6.20. The van der Waals surface area contributed by atoms with Gasteiger partial charge in [-0.1, -0.05) is 12.1 Å². The van der Waals surface area contributed by atoms with Crippen LogP contribution in [0.3, 0.4) is 0 Å². The fraction of sp³-hybridized carbons (Fsp3) is 0.429. The molecule has 0 bridgehead atoms. The lowest BCUT2D eigenvalue weighted by Crippen LogP contribution is -2.47. The zero-order valence-electron chi connectivity index (χ0n) is 27.6. The first-order valence-electron chi connectivity index (χ1n) is 15.5. The monoisotopic (exact) mass is 614 g/mol. The van der Waals surface area contributed by atoms with Crippen molar-refractivity contribution in [3.05, 3.63) is 78.1 Å². The Hall–Kier alpha value is -4.44. The van der Waals surface area contributed by atoms with Gasteiger partial charge in [-0.25, -0.2) is 0 Å². The van der Waals surface area contributed by atoms with Crippen LogP contribution >= 0.6 is 0 Å². The third-order valence-corrected chi connectivity index (χ3v) is 8.29. The highest BCUT2D eigenvalue weighted by atomic mass is 16.5. The molecule has 3 amide bonds. The summed E-state index contributed by atoms with van der Waals surface area (Å²) in [7, 11) is 7.43. The zero-order valence-corrected chi connectivity index (χ0v) is 27.6. The molecule has 0 radical (unpaired) electrons. The Morgan fingerprint density at radius 1 is 0.911 bits per heavy atom. The predicted molar refractivity (Wildman–Crippen MR) is 179 cm³/mol. The van der Waals surface area contributed by atoms with Crippen molar-refractivity contribution in [1.82, 2.24) is 14.8 Å². The van der Waals surface area contributed by atoms with Crippen LogP contribution in [-0.2, 0) is 16.1 Å². The summed E-state index contributed by atoms with van der Waals surface area (Å²) in [5.41, 5.74) is 2.92. The summed E-state index contributed by atoms with van der Waals surface area (Å²) in [6.45, 7) is 8.94. The molecule has 10 heteroatoms. The van der Waals surface area contributed by atoms with E-state index in [1.54, 1.807) is 48.0 Å². The number of carbonyl (C=O) groups excluding carboxylic acids is 3. The van der Waals surface area contributed by atoms with Crippen molar-refractivity contribution in [2.24, 2.45) is 5.41 Å². The summed E-state index contributed by atoms with van der Waals surface area (Å²) in [6.07, 6.45) is 4.34. The normalized spacial score (nSPS) is 14.3. The number of benzene rings is 2. The van der Waals surface area contributed by atoms with E-state index < -0.39 is 5.41 Å². The van der Waals surface area contributed by atoms with Gasteiger partial charge in [0, 0.05) is 85.1 Å². The van der Waals surface area contributed by atoms with Gasteiger partial charge in [0.05, 0.1) is 23.5 Å². The largest absolute Gasteiger partial charge is 0.493 e. The molecule has 0 aliphatic carbocycles. The molecule has 10 nitrogen and oxygen atoms in total. The molecule has 0 N–H and O–H groups in total. The van der Waals surface area contributed by atoms with E-state index in [2.05, 4.69) is 9.88 Å². The lowest BCUT2D eigenvalue weighted by Gasteiger charge is -2.27. The molecule has 1 aliphatic heterocycles. The molecule has 2 aromatic carbocycles. The second-order valence-electron chi connectivity index (χ2n) is 12.2. The predicted octanol–water partition coefficient (Wildman–Crippen LogP) is 4.55. The Morgan fingerprint density at radius 2 is 1.62 bits per heavy atom. The van der Waals surface area contributed by atoms with Gasteiger partial charge in [0.25, 0.3) is 5.91 Å². The lowest BCUT2D eigenvalue weighted by atomic mass is 9.90. The molecule has 3 aromatic rings. The lowest BCUT2D eigenvalue weighted by molar-refractivity contribution is -0.137. The number of ether oxygens (including phenoxy) is 1. The van der Waals surface area contributed by atoms with Gasteiger partial charge in [0.2, 0.25) is 11.8 Å². The Labute approximate surface area is 267 Å². The number of amides is 3. The summed E-state index contributed by atoms with van der Waals surface area (Å²) in [6, 6.07) is 17.2. The fourth-order valence-corrected chi connectivity index (χ4v) is 5.61. The molecule has 4 rings (SSSR count). The minimum absolute atomic E-state index is 0.00937. The number of hydrogen-bond acceptors (Lipinski definition) is 7. The maximum Gasteiger partial charge on any atom is 0.255 e. The van der Waals surface area contributed by atoms with Crippen molar-refractivity contribution < 1.29 is 19.1 Å². The maximum atomic E-state index is 13.3. The van der Waals surface area contributed by atoms with Crippen molar-refractivity contribution in [2.75, 3.05) is 75.7 Å². The van der Waals surface area contributed by atoms with Crippen LogP contribution in [0.1, 0.15) is 43.1 Å². The number of anilines is 3. The SMILES string of the molecule is CCN1C(=O)C(C)(C)C(=O)N(C)c2cc(OCCCN(CCN(C)C(=O)c3ccccc3N(C)C)Cc3ccncc3)ccc21. The van der Waals surface area contributed by atoms with Crippen molar-refractivity contribution in [3.8, 4) is 5.75 Å². The number of nitrogens with zero attached hydrogens (tertiary/aromatic N) is 6. The van der Waals surface area contributed by atoms with E-state index in [-0.39, 0.29) is 17.7 Å². The molecule has 0 fully saturated rings. The number of rotatable bonds is 13. The van der Waals surface area contributed by atoms with E-state index in [0.29, 0.717) is 48.9 Å². The van der Waals surface area contributed by atoms with Gasteiger partial charge in [0.15, 0.2) is 0 Å². The molecule has 0 saturated heterocycles. The van der Waals surface area contributed by atoms with Crippen LogP contribution in [0.4, 0.5) is 17.1 Å². The molecule has 1 aromatic heterocycles. The highest BCUT2D eigenvalue weighted by Crippen LogP contribution is 2.40. The van der Waals surface area contributed by atoms with Gasteiger partial charge in [-0.3, -0.25) is 24.3 Å². The molecule has 0 atom stereocenters. The minimum atomic E-state index is -1.16. The first-order valence-corrected chi connectivity index (χ1v) is 15.5. The average molecular weight is 615 g/mol. The molecule has 240 valence electrons.